The van der Waals surface area contributed by atoms with Crippen molar-refractivity contribution in [3.63, 3.8) is 0 Å². The third kappa shape index (κ3) is 2.15. The molecular weight excluding hydrogens is 167 g/mol. The zero-order valence-corrected chi connectivity index (χ0v) is 7.50. The van der Waals surface area contributed by atoms with E-state index in [1.165, 1.54) is 12.3 Å². The zero-order valence-electron chi connectivity index (χ0n) is 7.50. The molecule has 0 aromatic rings. The van der Waals surface area contributed by atoms with Gasteiger partial charge in [-0.1, -0.05) is 6.58 Å². The lowest BCUT2D eigenvalue weighted by Gasteiger charge is -2.23. The maximum atomic E-state index is 12.8. The molecule has 0 saturated heterocycles. The van der Waals surface area contributed by atoms with Crippen LogP contribution in [0.5, 0.6) is 0 Å². The minimum Gasteiger partial charge on any atom is -0.317 e. The molecule has 0 amide bonds. The van der Waals surface area contributed by atoms with E-state index >= 15 is 0 Å². The molecule has 0 aromatic heterocycles. The van der Waals surface area contributed by atoms with Crippen LogP contribution in [-0.4, -0.2) is 11.6 Å². The van der Waals surface area contributed by atoms with E-state index in [0.29, 0.717) is 5.70 Å². The summed E-state index contributed by atoms with van der Waals surface area (Å²) in [6.45, 7) is 8.89. The van der Waals surface area contributed by atoms with Crippen LogP contribution in [0.4, 0.5) is 4.39 Å². The van der Waals surface area contributed by atoms with Crippen molar-refractivity contribution in [3.8, 4) is 0 Å². The molecule has 1 heterocycles. The number of halogens is 1. The van der Waals surface area contributed by atoms with Crippen molar-refractivity contribution in [1.82, 2.24) is 4.90 Å². The lowest BCUT2D eigenvalue weighted by molar-refractivity contribution is 0.542. The van der Waals surface area contributed by atoms with Gasteiger partial charge in [-0.05, 0) is 25.8 Å². The summed E-state index contributed by atoms with van der Waals surface area (Å²) in [6.07, 6.45) is 5.89. The second-order valence-electron chi connectivity index (χ2n) is 2.66. The van der Waals surface area contributed by atoms with Crippen molar-refractivity contribution in [1.29, 1.82) is 0 Å². The first-order valence-electron chi connectivity index (χ1n) is 3.81. The van der Waals surface area contributed by atoms with Gasteiger partial charge in [0.05, 0.1) is 0 Å². The summed E-state index contributed by atoms with van der Waals surface area (Å²) >= 11 is 0. The molecule has 0 unspecified atom stereocenters. The molecule has 0 saturated carbocycles. The fourth-order valence-electron chi connectivity index (χ4n) is 1.03. The Labute approximate surface area is 77.1 Å². The van der Waals surface area contributed by atoms with E-state index in [1.807, 2.05) is 6.92 Å². The van der Waals surface area contributed by atoms with Gasteiger partial charge < -0.3 is 4.90 Å². The Morgan fingerprint density at radius 2 is 2.31 bits per heavy atom. The molecule has 0 fully saturated rings. The average molecular weight is 178 g/mol. The number of hydrogen-bond acceptors (Lipinski definition) is 2. The topological polar surface area (TPSA) is 15.6 Å². The lowest BCUT2D eigenvalue weighted by atomic mass is 10.2. The van der Waals surface area contributed by atoms with Gasteiger partial charge in [-0.25, -0.2) is 4.39 Å². The molecule has 0 aromatic carbocycles. The second-order valence-corrected chi connectivity index (χ2v) is 2.66. The van der Waals surface area contributed by atoms with Gasteiger partial charge >= 0.3 is 0 Å². The first-order valence-corrected chi connectivity index (χ1v) is 3.81. The number of rotatable bonds is 2. The minimum absolute atomic E-state index is 0.302. The molecule has 0 bridgehead atoms. The minimum atomic E-state index is -0.302. The van der Waals surface area contributed by atoms with Crippen molar-refractivity contribution in [3.05, 3.63) is 48.4 Å². The largest absolute Gasteiger partial charge is 0.317 e. The van der Waals surface area contributed by atoms with Crippen LogP contribution in [0, 0.1) is 0 Å². The molecule has 1 aliphatic rings. The van der Waals surface area contributed by atoms with Crippen LogP contribution < -0.4 is 0 Å². The molecule has 13 heavy (non-hydrogen) atoms. The molecule has 0 atom stereocenters. The first-order chi connectivity index (χ1) is 6.15. The van der Waals surface area contributed by atoms with Crippen LogP contribution in [0.1, 0.15) is 6.92 Å². The monoisotopic (exact) mass is 178 g/mol. The summed E-state index contributed by atoms with van der Waals surface area (Å²) in [6, 6.07) is 0. The fourth-order valence-corrected chi connectivity index (χ4v) is 1.03. The molecule has 0 spiro atoms. The molecule has 2 nitrogen and oxygen atoms in total. The van der Waals surface area contributed by atoms with E-state index in [2.05, 4.69) is 18.3 Å². The normalized spacial score (nSPS) is 17.4. The summed E-state index contributed by atoms with van der Waals surface area (Å²) in [5.41, 5.74) is 1.48. The highest BCUT2D eigenvalue weighted by Gasteiger charge is 2.09. The highest BCUT2D eigenvalue weighted by molar-refractivity contribution is 5.33. The van der Waals surface area contributed by atoms with E-state index < -0.39 is 0 Å². The van der Waals surface area contributed by atoms with E-state index in [1.54, 1.807) is 17.2 Å². The molecule has 3 heteroatoms. The number of allylic oxidation sites excluding steroid dienone is 4. The summed E-state index contributed by atoms with van der Waals surface area (Å²) in [7, 11) is 0. The SMILES string of the molecule is C=NC=C(C)N1C=C(F)C=CC1=C. The lowest BCUT2D eigenvalue weighted by Crippen LogP contribution is -2.14. The smallest absolute Gasteiger partial charge is 0.139 e. The first kappa shape index (κ1) is 9.45. The fraction of sp³-hybridized carbons (Fsp3) is 0.100. The van der Waals surface area contributed by atoms with Crippen LogP contribution in [-0.2, 0) is 0 Å². The third-order valence-corrected chi connectivity index (χ3v) is 1.65. The Kier molecular flexibility index (Phi) is 2.80. The third-order valence-electron chi connectivity index (χ3n) is 1.65. The van der Waals surface area contributed by atoms with Gasteiger partial charge in [-0.3, -0.25) is 4.99 Å². The van der Waals surface area contributed by atoms with E-state index in [9.17, 15) is 4.39 Å². The van der Waals surface area contributed by atoms with E-state index in [0.717, 1.165) is 5.70 Å². The summed E-state index contributed by atoms with van der Waals surface area (Å²) in [4.78, 5) is 5.21. The van der Waals surface area contributed by atoms with Crippen molar-refractivity contribution >= 4 is 6.72 Å². The predicted molar refractivity (Wildman–Crippen MR) is 52.6 cm³/mol. The van der Waals surface area contributed by atoms with Crippen LogP contribution in [0.3, 0.4) is 0 Å². The average Bonchev–Trinajstić information content (AvgIpc) is 2.09. The van der Waals surface area contributed by atoms with Crippen LogP contribution in [0.2, 0.25) is 0 Å². The van der Waals surface area contributed by atoms with E-state index in [4.69, 9.17) is 0 Å². The maximum absolute atomic E-state index is 12.8. The van der Waals surface area contributed by atoms with Gasteiger partial charge in [-0.2, -0.15) is 0 Å². The summed E-state index contributed by atoms with van der Waals surface area (Å²) in [5, 5.41) is 0. The molecular formula is C10H11FN2. The van der Waals surface area contributed by atoms with Crippen molar-refractivity contribution in [2.24, 2.45) is 4.99 Å². The Bertz CT molecular complexity index is 324. The summed E-state index contributed by atoms with van der Waals surface area (Å²) < 4.78 is 12.8. The number of hydrogen-bond donors (Lipinski definition) is 0. The van der Waals surface area contributed by atoms with Gasteiger partial charge in [0.1, 0.15) is 5.83 Å². The maximum Gasteiger partial charge on any atom is 0.139 e. The summed E-state index contributed by atoms with van der Waals surface area (Å²) in [5.74, 6) is -0.302. The van der Waals surface area contributed by atoms with Crippen LogP contribution in [0.15, 0.2) is 53.3 Å². The zero-order chi connectivity index (χ0) is 9.84. The van der Waals surface area contributed by atoms with Gasteiger partial charge in [0, 0.05) is 23.8 Å². The van der Waals surface area contributed by atoms with Crippen LogP contribution >= 0.6 is 0 Å². The standard InChI is InChI=1S/C10H11FN2/c1-8-4-5-10(11)7-13(8)9(2)6-12-3/h4-7H,1,3H2,2H3. The number of nitrogens with zero attached hydrogens (tertiary/aromatic N) is 2. The van der Waals surface area contributed by atoms with Crippen molar-refractivity contribution in [2.75, 3.05) is 0 Å². The Morgan fingerprint density at radius 1 is 1.62 bits per heavy atom. The highest BCUT2D eigenvalue weighted by atomic mass is 19.1. The Morgan fingerprint density at radius 3 is 2.92 bits per heavy atom. The molecule has 1 rings (SSSR count). The highest BCUT2D eigenvalue weighted by Crippen LogP contribution is 2.20. The molecule has 1 aliphatic heterocycles. The second kappa shape index (κ2) is 3.85. The Hall–Kier alpha value is -1.64. The molecule has 0 N–H and O–H groups in total. The number of aliphatic imine (C=N–C) groups is 1. The van der Waals surface area contributed by atoms with Crippen molar-refractivity contribution < 1.29 is 4.39 Å². The van der Waals surface area contributed by atoms with E-state index in [-0.39, 0.29) is 5.83 Å². The van der Waals surface area contributed by atoms with Gasteiger partial charge in [0.15, 0.2) is 0 Å². The van der Waals surface area contributed by atoms with Crippen molar-refractivity contribution in [2.45, 2.75) is 6.92 Å². The van der Waals surface area contributed by atoms with Gasteiger partial charge in [-0.15, -0.1) is 0 Å². The molecule has 68 valence electrons. The Balaban J connectivity index is 2.93. The van der Waals surface area contributed by atoms with Gasteiger partial charge in [0.25, 0.3) is 0 Å². The molecule has 0 radical (unpaired) electrons. The quantitative estimate of drug-likeness (QED) is 0.593. The predicted octanol–water partition coefficient (Wildman–Crippen LogP) is 2.74. The van der Waals surface area contributed by atoms with Gasteiger partial charge in [0.2, 0.25) is 0 Å². The van der Waals surface area contributed by atoms with Crippen LogP contribution in [0.25, 0.3) is 0 Å². The molecule has 0 aliphatic carbocycles.